The summed E-state index contributed by atoms with van der Waals surface area (Å²) in [7, 11) is 3.37. The lowest BCUT2D eigenvalue weighted by Gasteiger charge is -2.15. The molecule has 1 aromatic carbocycles. The molecule has 1 aliphatic heterocycles. The van der Waals surface area contributed by atoms with E-state index in [-0.39, 0.29) is 0 Å². The van der Waals surface area contributed by atoms with E-state index >= 15 is 0 Å². The van der Waals surface area contributed by atoms with Gasteiger partial charge in [-0.2, -0.15) is 0 Å². The first-order valence-electron chi connectivity index (χ1n) is 7.40. The van der Waals surface area contributed by atoms with Crippen molar-refractivity contribution in [2.24, 2.45) is 5.92 Å². The molecule has 1 saturated heterocycles. The van der Waals surface area contributed by atoms with Gasteiger partial charge in [-0.25, -0.2) is 0 Å². The van der Waals surface area contributed by atoms with Crippen LogP contribution >= 0.6 is 0 Å². The third-order valence-electron chi connectivity index (χ3n) is 3.56. The summed E-state index contributed by atoms with van der Waals surface area (Å²) in [6.07, 6.45) is 1.08. The fourth-order valence-electron chi connectivity index (χ4n) is 2.28. The van der Waals surface area contributed by atoms with Gasteiger partial charge in [0.2, 0.25) is 0 Å². The van der Waals surface area contributed by atoms with Crippen molar-refractivity contribution >= 4 is 0 Å². The first-order chi connectivity index (χ1) is 10.3. The van der Waals surface area contributed by atoms with Crippen molar-refractivity contribution in [3.8, 4) is 11.5 Å². The predicted octanol–water partition coefficient (Wildman–Crippen LogP) is 1.85. The number of benzene rings is 1. The Hall–Kier alpha value is -1.30. The summed E-state index contributed by atoms with van der Waals surface area (Å²) < 4.78 is 21.7. The Kier molecular flexibility index (Phi) is 6.79. The Labute approximate surface area is 126 Å². The minimum atomic E-state index is 0.501. The van der Waals surface area contributed by atoms with Crippen LogP contribution in [0.2, 0.25) is 0 Å². The lowest BCUT2D eigenvalue weighted by molar-refractivity contribution is 0.166. The van der Waals surface area contributed by atoms with Crippen LogP contribution in [0.4, 0.5) is 0 Å². The van der Waals surface area contributed by atoms with Gasteiger partial charge >= 0.3 is 0 Å². The van der Waals surface area contributed by atoms with Crippen molar-refractivity contribution in [3.63, 3.8) is 0 Å². The third-order valence-corrected chi connectivity index (χ3v) is 3.56. The minimum Gasteiger partial charge on any atom is -0.497 e. The van der Waals surface area contributed by atoms with E-state index in [9.17, 15) is 0 Å². The zero-order chi connectivity index (χ0) is 14.9. The lowest BCUT2D eigenvalue weighted by atomic mass is 10.1. The van der Waals surface area contributed by atoms with Crippen LogP contribution < -0.4 is 14.8 Å². The number of rotatable bonds is 9. The largest absolute Gasteiger partial charge is 0.497 e. The Bertz CT molecular complexity index is 419. The van der Waals surface area contributed by atoms with E-state index < -0.39 is 0 Å². The van der Waals surface area contributed by atoms with Gasteiger partial charge in [-0.05, 0) is 24.6 Å². The molecule has 0 amide bonds. The summed E-state index contributed by atoms with van der Waals surface area (Å²) in [5, 5.41) is 3.34. The molecule has 1 N–H and O–H groups in total. The van der Waals surface area contributed by atoms with Crippen molar-refractivity contribution in [2.45, 2.75) is 13.0 Å². The topological polar surface area (TPSA) is 49.0 Å². The molecule has 1 aliphatic rings. The Morgan fingerprint density at radius 1 is 1.33 bits per heavy atom. The van der Waals surface area contributed by atoms with Crippen LogP contribution in [0, 0.1) is 5.92 Å². The molecule has 5 nitrogen and oxygen atoms in total. The molecule has 0 aromatic heterocycles. The third kappa shape index (κ3) is 5.19. The van der Waals surface area contributed by atoms with Gasteiger partial charge in [0.1, 0.15) is 11.5 Å². The second-order valence-electron chi connectivity index (χ2n) is 5.18. The maximum atomic E-state index is 5.97. The quantitative estimate of drug-likeness (QED) is 0.705. The number of hydrogen-bond acceptors (Lipinski definition) is 5. The molecular weight excluding hydrogens is 270 g/mol. The molecule has 1 fully saturated rings. The zero-order valence-corrected chi connectivity index (χ0v) is 12.9. The molecule has 1 atom stereocenters. The van der Waals surface area contributed by atoms with E-state index in [0.29, 0.717) is 19.1 Å². The average Bonchev–Trinajstić information content (AvgIpc) is 3.03. The SMILES string of the molecule is COCCNCc1cc(OC)ccc1OCC1CCOC1. The summed E-state index contributed by atoms with van der Waals surface area (Å²) in [5.74, 6) is 2.25. The summed E-state index contributed by atoms with van der Waals surface area (Å²) in [5.41, 5.74) is 1.10. The zero-order valence-electron chi connectivity index (χ0n) is 12.9. The van der Waals surface area contributed by atoms with E-state index in [4.69, 9.17) is 18.9 Å². The van der Waals surface area contributed by atoms with E-state index in [0.717, 1.165) is 49.8 Å². The molecule has 1 unspecified atom stereocenters. The molecule has 5 heteroatoms. The van der Waals surface area contributed by atoms with Crippen molar-refractivity contribution in [1.82, 2.24) is 5.32 Å². The maximum Gasteiger partial charge on any atom is 0.124 e. The van der Waals surface area contributed by atoms with Crippen LogP contribution in [0.1, 0.15) is 12.0 Å². The standard InChI is InChI=1S/C16H25NO4/c1-18-8-6-17-10-14-9-15(19-2)3-4-16(14)21-12-13-5-7-20-11-13/h3-4,9,13,17H,5-8,10-12H2,1-2H3. The van der Waals surface area contributed by atoms with Gasteiger partial charge in [0.15, 0.2) is 0 Å². The normalized spacial score (nSPS) is 17.9. The van der Waals surface area contributed by atoms with E-state index in [1.54, 1.807) is 14.2 Å². The minimum absolute atomic E-state index is 0.501. The number of nitrogens with one attached hydrogen (secondary N) is 1. The van der Waals surface area contributed by atoms with Gasteiger partial charge in [-0.15, -0.1) is 0 Å². The van der Waals surface area contributed by atoms with Gasteiger partial charge < -0.3 is 24.3 Å². The highest BCUT2D eigenvalue weighted by Crippen LogP contribution is 2.25. The fraction of sp³-hybridized carbons (Fsp3) is 0.625. The number of hydrogen-bond donors (Lipinski definition) is 1. The molecule has 2 rings (SSSR count). The first-order valence-corrected chi connectivity index (χ1v) is 7.40. The first kappa shape index (κ1) is 16.1. The molecular formula is C16H25NO4. The fourth-order valence-corrected chi connectivity index (χ4v) is 2.28. The van der Waals surface area contributed by atoms with E-state index in [2.05, 4.69) is 5.32 Å². The Morgan fingerprint density at radius 2 is 2.24 bits per heavy atom. The van der Waals surface area contributed by atoms with Crippen molar-refractivity contribution in [3.05, 3.63) is 23.8 Å². The molecule has 0 spiro atoms. The van der Waals surface area contributed by atoms with Crippen molar-refractivity contribution < 1.29 is 18.9 Å². The monoisotopic (exact) mass is 295 g/mol. The van der Waals surface area contributed by atoms with Gasteiger partial charge in [0.25, 0.3) is 0 Å². The number of ether oxygens (including phenoxy) is 4. The van der Waals surface area contributed by atoms with E-state index in [1.807, 2.05) is 18.2 Å². The highest BCUT2D eigenvalue weighted by atomic mass is 16.5. The van der Waals surface area contributed by atoms with Crippen LogP contribution in [0.5, 0.6) is 11.5 Å². The van der Waals surface area contributed by atoms with Crippen LogP contribution in [-0.2, 0) is 16.0 Å². The molecule has 1 heterocycles. The maximum absolute atomic E-state index is 5.97. The highest BCUT2D eigenvalue weighted by molar-refractivity contribution is 5.40. The van der Waals surface area contributed by atoms with Crippen LogP contribution in [0.3, 0.4) is 0 Å². The molecule has 0 saturated carbocycles. The van der Waals surface area contributed by atoms with Crippen molar-refractivity contribution in [2.75, 3.05) is 47.2 Å². The number of methoxy groups -OCH3 is 2. The average molecular weight is 295 g/mol. The van der Waals surface area contributed by atoms with Gasteiger partial charge in [0.05, 0.1) is 26.9 Å². The van der Waals surface area contributed by atoms with Gasteiger partial charge in [-0.1, -0.05) is 0 Å². The van der Waals surface area contributed by atoms with Crippen LogP contribution in [0.15, 0.2) is 18.2 Å². The van der Waals surface area contributed by atoms with Crippen LogP contribution in [-0.4, -0.2) is 47.2 Å². The second-order valence-corrected chi connectivity index (χ2v) is 5.18. The molecule has 1 aromatic rings. The summed E-state index contributed by atoms with van der Waals surface area (Å²) in [6.45, 7) is 4.59. The molecule has 21 heavy (non-hydrogen) atoms. The van der Waals surface area contributed by atoms with Crippen molar-refractivity contribution in [1.29, 1.82) is 0 Å². The highest BCUT2D eigenvalue weighted by Gasteiger charge is 2.17. The molecule has 118 valence electrons. The smallest absolute Gasteiger partial charge is 0.124 e. The summed E-state index contributed by atoms with van der Waals surface area (Å²) >= 11 is 0. The van der Waals surface area contributed by atoms with Gasteiger partial charge in [-0.3, -0.25) is 0 Å². The second kappa shape index (κ2) is 8.87. The lowest BCUT2D eigenvalue weighted by Crippen LogP contribution is -2.19. The molecule has 0 aliphatic carbocycles. The summed E-state index contributed by atoms with van der Waals surface area (Å²) in [4.78, 5) is 0. The molecule has 0 radical (unpaired) electrons. The Balaban J connectivity index is 1.92. The van der Waals surface area contributed by atoms with Gasteiger partial charge in [0, 0.05) is 38.3 Å². The van der Waals surface area contributed by atoms with E-state index in [1.165, 1.54) is 0 Å². The molecule has 0 bridgehead atoms. The van der Waals surface area contributed by atoms with Crippen LogP contribution in [0.25, 0.3) is 0 Å². The predicted molar refractivity (Wildman–Crippen MR) is 81.0 cm³/mol. The summed E-state index contributed by atoms with van der Waals surface area (Å²) in [6, 6.07) is 5.92. The Morgan fingerprint density at radius 3 is 2.95 bits per heavy atom.